The van der Waals surface area contributed by atoms with Crippen molar-refractivity contribution in [2.75, 3.05) is 0 Å². The standard InChI is InChI=1S/C11H7BrCl2OS/c12-10-2-1-9(16-10)11(15)6-3-7(13)5-8(14)4-6/h1-5,11,15H. The molecule has 0 aliphatic carbocycles. The number of hydrogen-bond acceptors (Lipinski definition) is 2. The van der Waals surface area contributed by atoms with Gasteiger partial charge in [0.15, 0.2) is 0 Å². The number of thiophene rings is 1. The zero-order valence-corrected chi connectivity index (χ0v) is 11.9. The number of rotatable bonds is 2. The minimum absolute atomic E-state index is 0.525. The van der Waals surface area contributed by atoms with Gasteiger partial charge in [-0.2, -0.15) is 0 Å². The fraction of sp³-hybridized carbons (Fsp3) is 0.0909. The van der Waals surface area contributed by atoms with E-state index in [0.717, 1.165) is 8.66 Å². The Bertz CT molecular complexity index is 492. The van der Waals surface area contributed by atoms with Crippen molar-refractivity contribution in [3.8, 4) is 0 Å². The Morgan fingerprint density at radius 3 is 2.25 bits per heavy atom. The summed E-state index contributed by atoms with van der Waals surface area (Å²) in [5.74, 6) is 0. The molecular formula is C11H7BrCl2OS. The van der Waals surface area contributed by atoms with Gasteiger partial charge in [0.05, 0.1) is 3.79 Å². The van der Waals surface area contributed by atoms with Crippen LogP contribution < -0.4 is 0 Å². The van der Waals surface area contributed by atoms with Crippen LogP contribution in [0.2, 0.25) is 10.0 Å². The number of halogens is 3. The Labute approximate surface area is 116 Å². The third kappa shape index (κ3) is 2.79. The molecule has 2 rings (SSSR count). The zero-order valence-electron chi connectivity index (χ0n) is 7.95. The van der Waals surface area contributed by atoms with E-state index in [4.69, 9.17) is 23.2 Å². The zero-order chi connectivity index (χ0) is 11.7. The van der Waals surface area contributed by atoms with E-state index in [9.17, 15) is 5.11 Å². The molecule has 0 saturated heterocycles. The number of aliphatic hydroxyl groups is 1. The summed E-state index contributed by atoms with van der Waals surface area (Å²) in [6, 6.07) is 8.84. The van der Waals surface area contributed by atoms with Crippen LogP contribution in [0.25, 0.3) is 0 Å². The number of benzene rings is 1. The highest BCUT2D eigenvalue weighted by Crippen LogP contribution is 2.33. The van der Waals surface area contributed by atoms with Gasteiger partial charge in [-0.25, -0.2) is 0 Å². The van der Waals surface area contributed by atoms with Crippen molar-refractivity contribution in [1.29, 1.82) is 0 Å². The van der Waals surface area contributed by atoms with Crippen molar-refractivity contribution in [3.05, 3.63) is 54.6 Å². The quantitative estimate of drug-likeness (QED) is 0.826. The monoisotopic (exact) mass is 336 g/mol. The Balaban J connectivity index is 2.37. The smallest absolute Gasteiger partial charge is 0.113 e. The van der Waals surface area contributed by atoms with Crippen LogP contribution in [0.3, 0.4) is 0 Å². The Hall–Kier alpha value is -0.0600. The van der Waals surface area contributed by atoms with E-state index in [-0.39, 0.29) is 0 Å². The van der Waals surface area contributed by atoms with Gasteiger partial charge in [0, 0.05) is 14.9 Å². The summed E-state index contributed by atoms with van der Waals surface area (Å²) in [6.45, 7) is 0. The third-order valence-corrected chi connectivity index (χ3v) is 4.18. The lowest BCUT2D eigenvalue weighted by Crippen LogP contribution is -1.96. The maximum Gasteiger partial charge on any atom is 0.113 e. The first kappa shape index (κ1) is 12.4. The van der Waals surface area contributed by atoms with Gasteiger partial charge in [-0.05, 0) is 51.8 Å². The summed E-state index contributed by atoms with van der Waals surface area (Å²) in [4.78, 5) is 0.852. The molecule has 1 aromatic heterocycles. The van der Waals surface area contributed by atoms with Gasteiger partial charge in [0.2, 0.25) is 0 Å². The van der Waals surface area contributed by atoms with Crippen LogP contribution >= 0.6 is 50.5 Å². The molecule has 0 radical (unpaired) electrons. The Kier molecular flexibility index (Phi) is 3.93. The third-order valence-electron chi connectivity index (χ3n) is 2.06. The molecule has 5 heteroatoms. The lowest BCUT2D eigenvalue weighted by atomic mass is 10.1. The molecule has 1 unspecified atom stereocenters. The maximum atomic E-state index is 10.1. The summed E-state index contributed by atoms with van der Waals surface area (Å²) < 4.78 is 0.981. The molecule has 16 heavy (non-hydrogen) atoms. The first-order valence-corrected chi connectivity index (χ1v) is 6.82. The van der Waals surface area contributed by atoms with E-state index in [0.29, 0.717) is 15.6 Å². The minimum atomic E-state index is -0.688. The second-order valence-electron chi connectivity index (χ2n) is 3.25. The van der Waals surface area contributed by atoms with Gasteiger partial charge in [-0.3, -0.25) is 0 Å². The Morgan fingerprint density at radius 2 is 1.75 bits per heavy atom. The van der Waals surface area contributed by atoms with Crippen LogP contribution in [0.1, 0.15) is 16.5 Å². The summed E-state index contributed by atoms with van der Waals surface area (Å²) in [5.41, 5.74) is 0.701. The molecule has 1 nitrogen and oxygen atoms in total. The first-order chi connectivity index (χ1) is 7.56. The molecule has 0 spiro atoms. The molecule has 0 saturated carbocycles. The predicted molar refractivity (Wildman–Crippen MR) is 72.5 cm³/mol. The molecule has 1 aromatic carbocycles. The summed E-state index contributed by atoms with van der Waals surface area (Å²) in [6.07, 6.45) is -0.688. The van der Waals surface area contributed by atoms with Gasteiger partial charge >= 0.3 is 0 Å². The van der Waals surface area contributed by atoms with Gasteiger partial charge in [0.25, 0.3) is 0 Å². The summed E-state index contributed by atoms with van der Waals surface area (Å²) >= 11 is 16.6. The molecule has 1 heterocycles. The molecular weight excluding hydrogens is 331 g/mol. The first-order valence-electron chi connectivity index (χ1n) is 4.45. The predicted octanol–water partition coefficient (Wildman–Crippen LogP) is 4.90. The van der Waals surface area contributed by atoms with Gasteiger partial charge in [-0.1, -0.05) is 23.2 Å². The molecule has 0 aliphatic heterocycles. The van der Waals surface area contributed by atoms with Crippen LogP contribution in [-0.4, -0.2) is 5.11 Å². The van der Waals surface area contributed by atoms with Gasteiger partial charge < -0.3 is 5.11 Å². The molecule has 0 aliphatic rings. The summed E-state index contributed by atoms with van der Waals surface area (Å²) in [7, 11) is 0. The van der Waals surface area contributed by atoms with E-state index in [1.165, 1.54) is 11.3 Å². The van der Waals surface area contributed by atoms with Crippen LogP contribution in [0.4, 0.5) is 0 Å². The normalized spacial score (nSPS) is 12.8. The van der Waals surface area contributed by atoms with E-state index in [1.54, 1.807) is 18.2 Å². The van der Waals surface area contributed by atoms with E-state index in [2.05, 4.69) is 15.9 Å². The average Bonchev–Trinajstić information content (AvgIpc) is 2.62. The topological polar surface area (TPSA) is 20.2 Å². The molecule has 0 bridgehead atoms. The lowest BCUT2D eigenvalue weighted by Gasteiger charge is -2.09. The van der Waals surface area contributed by atoms with Gasteiger partial charge in [-0.15, -0.1) is 11.3 Å². The fourth-order valence-corrected chi connectivity index (χ4v) is 3.35. The average molecular weight is 338 g/mol. The highest BCUT2D eigenvalue weighted by molar-refractivity contribution is 9.11. The van der Waals surface area contributed by atoms with Crippen molar-refractivity contribution in [2.45, 2.75) is 6.10 Å². The molecule has 0 fully saturated rings. The molecule has 1 atom stereocenters. The largest absolute Gasteiger partial charge is 0.383 e. The SMILES string of the molecule is OC(c1cc(Cl)cc(Cl)c1)c1ccc(Br)s1. The molecule has 0 amide bonds. The minimum Gasteiger partial charge on any atom is -0.383 e. The van der Waals surface area contributed by atoms with Crippen molar-refractivity contribution >= 4 is 50.5 Å². The van der Waals surface area contributed by atoms with Crippen molar-refractivity contribution in [3.63, 3.8) is 0 Å². The van der Waals surface area contributed by atoms with Crippen molar-refractivity contribution in [2.24, 2.45) is 0 Å². The maximum absolute atomic E-state index is 10.1. The lowest BCUT2D eigenvalue weighted by molar-refractivity contribution is 0.224. The number of aliphatic hydroxyl groups excluding tert-OH is 1. The Morgan fingerprint density at radius 1 is 1.12 bits per heavy atom. The van der Waals surface area contributed by atoms with E-state index < -0.39 is 6.10 Å². The molecule has 2 aromatic rings. The van der Waals surface area contributed by atoms with Crippen LogP contribution in [0.5, 0.6) is 0 Å². The van der Waals surface area contributed by atoms with E-state index >= 15 is 0 Å². The second-order valence-corrected chi connectivity index (χ2v) is 6.61. The van der Waals surface area contributed by atoms with Crippen LogP contribution in [0, 0.1) is 0 Å². The molecule has 84 valence electrons. The van der Waals surface area contributed by atoms with Gasteiger partial charge in [0.1, 0.15) is 6.10 Å². The molecule has 1 N–H and O–H groups in total. The number of hydrogen-bond donors (Lipinski definition) is 1. The second kappa shape index (κ2) is 5.07. The van der Waals surface area contributed by atoms with Crippen LogP contribution in [-0.2, 0) is 0 Å². The summed E-state index contributed by atoms with van der Waals surface area (Å²) in [5, 5.41) is 11.2. The van der Waals surface area contributed by atoms with Crippen LogP contribution in [0.15, 0.2) is 34.1 Å². The van der Waals surface area contributed by atoms with Crippen molar-refractivity contribution in [1.82, 2.24) is 0 Å². The highest BCUT2D eigenvalue weighted by atomic mass is 79.9. The fourth-order valence-electron chi connectivity index (χ4n) is 1.37. The highest BCUT2D eigenvalue weighted by Gasteiger charge is 2.13. The van der Waals surface area contributed by atoms with Crippen molar-refractivity contribution < 1.29 is 5.11 Å². The van der Waals surface area contributed by atoms with E-state index in [1.807, 2.05) is 12.1 Å².